The molecular weight excluding hydrogens is 364 g/mol. The molecule has 3 rings (SSSR count). The maximum absolute atomic E-state index is 12.3. The average molecular weight is 394 g/mol. The van der Waals surface area contributed by atoms with Crippen LogP contribution in [0.1, 0.15) is 44.1 Å². The van der Waals surface area contributed by atoms with E-state index in [1.807, 2.05) is 19.4 Å². The smallest absolute Gasteiger partial charge is 0.290 e. The Morgan fingerprint density at radius 3 is 2.57 bits per heavy atom. The molecule has 1 saturated heterocycles. The summed E-state index contributed by atoms with van der Waals surface area (Å²) < 4.78 is 7.18. The van der Waals surface area contributed by atoms with E-state index in [4.69, 9.17) is 14.6 Å². The van der Waals surface area contributed by atoms with Gasteiger partial charge in [-0.05, 0) is 50.5 Å². The molecule has 156 valence electrons. The fourth-order valence-electron chi connectivity index (χ4n) is 3.65. The van der Waals surface area contributed by atoms with E-state index in [1.165, 1.54) is 0 Å². The quantitative estimate of drug-likeness (QED) is 0.609. The highest BCUT2D eigenvalue weighted by atomic mass is 16.5. The summed E-state index contributed by atoms with van der Waals surface area (Å²) in [6, 6.07) is 0.177. The monoisotopic (exact) mass is 394 g/mol. The molecule has 1 aliphatic heterocycles. The number of amides is 2. The number of hydrogen-bond donors (Lipinski definition) is 3. The van der Waals surface area contributed by atoms with Crippen LogP contribution in [0.2, 0.25) is 0 Å². The number of carboxylic acid groups (broad SMARTS) is 1. The minimum Gasteiger partial charge on any atom is -0.483 e. The number of nitrogens with zero attached hydrogens (tertiary/aromatic N) is 2. The maximum Gasteiger partial charge on any atom is 0.290 e. The molecule has 1 unspecified atom stereocenters. The van der Waals surface area contributed by atoms with Gasteiger partial charge in [-0.15, -0.1) is 0 Å². The van der Waals surface area contributed by atoms with Gasteiger partial charge in [0.1, 0.15) is 6.10 Å². The number of hydrogen-bond acceptors (Lipinski definition) is 5. The predicted octanol–water partition coefficient (Wildman–Crippen LogP) is 0.634. The Hall–Kier alpha value is -2.42. The molecule has 1 aliphatic carbocycles. The van der Waals surface area contributed by atoms with Gasteiger partial charge in [0.15, 0.2) is 0 Å². The van der Waals surface area contributed by atoms with Crippen LogP contribution in [0.15, 0.2) is 12.4 Å². The second-order valence-electron chi connectivity index (χ2n) is 7.23. The van der Waals surface area contributed by atoms with Crippen LogP contribution in [0.3, 0.4) is 0 Å². The van der Waals surface area contributed by atoms with Crippen LogP contribution in [-0.2, 0) is 32.6 Å². The van der Waals surface area contributed by atoms with Gasteiger partial charge >= 0.3 is 0 Å². The molecule has 0 bridgehead atoms. The van der Waals surface area contributed by atoms with Crippen LogP contribution in [0.4, 0.5) is 0 Å². The summed E-state index contributed by atoms with van der Waals surface area (Å²) >= 11 is 0. The van der Waals surface area contributed by atoms with E-state index in [9.17, 15) is 9.59 Å². The number of rotatable bonds is 6. The van der Waals surface area contributed by atoms with Crippen molar-refractivity contribution >= 4 is 18.3 Å². The standard InChI is InChI=1S/C18H28N4O3.CH2O2/c1-22-12-13(11-20-22)8-9-19-17(23)14-4-6-15(7-5-14)21-18(24)16-3-2-10-25-16;2-1-3/h11-12,14-16H,2-10H2,1H3,(H,19,23)(H,21,24);1H,(H,2,3). The summed E-state index contributed by atoms with van der Waals surface area (Å²) in [4.78, 5) is 32.7. The van der Waals surface area contributed by atoms with E-state index < -0.39 is 0 Å². The van der Waals surface area contributed by atoms with E-state index in [-0.39, 0.29) is 36.4 Å². The largest absolute Gasteiger partial charge is 0.483 e. The molecule has 9 heteroatoms. The van der Waals surface area contributed by atoms with Gasteiger partial charge in [-0.3, -0.25) is 19.1 Å². The van der Waals surface area contributed by atoms with Gasteiger partial charge in [-0.2, -0.15) is 5.10 Å². The lowest BCUT2D eigenvalue weighted by atomic mass is 9.85. The van der Waals surface area contributed by atoms with Crippen LogP contribution < -0.4 is 10.6 Å². The Morgan fingerprint density at radius 2 is 2.00 bits per heavy atom. The van der Waals surface area contributed by atoms with Crippen molar-refractivity contribution in [2.24, 2.45) is 13.0 Å². The number of carbonyl (C=O) groups excluding carboxylic acids is 2. The first-order chi connectivity index (χ1) is 13.5. The number of aromatic nitrogens is 2. The lowest BCUT2D eigenvalue weighted by molar-refractivity contribution is -0.131. The third-order valence-corrected chi connectivity index (χ3v) is 5.14. The predicted molar refractivity (Wildman–Crippen MR) is 101 cm³/mol. The second-order valence-corrected chi connectivity index (χ2v) is 7.23. The molecule has 2 amide bonds. The van der Waals surface area contributed by atoms with Crippen molar-refractivity contribution in [1.29, 1.82) is 0 Å². The van der Waals surface area contributed by atoms with E-state index in [0.717, 1.165) is 50.5 Å². The lowest BCUT2D eigenvalue weighted by Gasteiger charge is -2.29. The van der Waals surface area contributed by atoms with Crippen molar-refractivity contribution in [3.05, 3.63) is 18.0 Å². The molecule has 2 heterocycles. The molecule has 1 atom stereocenters. The van der Waals surface area contributed by atoms with Gasteiger partial charge in [0.05, 0.1) is 6.20 Å². The highest BCUT2D eigenvalue weighted by molar-refractivity contribution is 5.81. The van der Waals surface area contributed by atoms with Gasteiger partial charge < -0.3 is 20.5 Å². The molecule has 0 aromatic carbocycles. The molecule has 3 N–H and O–H groups in total. The van der Waals surface area contributed by atoms with Crippen molar-refractivity contribution in [2.75, 3.05) is 13.2 Å². The molecule has 1 aromatic heterocycles. The number of aryl methyl sites for hydroxylation is 1. The molecule has 1 aromatic rings. The molecule has 0 spiro atoms. The highest BCUT2D eigenvalue weighted by Crippen LogP contribution is 2.25. The first-order valence-electron chi connectivity index (χ1n) is 9.78. The van der Waals surface area contributed by atoms with Crippen molar-refractivity contribution in [3.63, 3.8) is 0 Å². The van der Waals surface area contributed by atoms with Gasteiger partial charge in [0, 0.05) is 38.4 Å². The average Bonchev–Trinajstić information content (AvgIpc) is 3.35. The Kier molecular flexibility index (Phi) is 8.93. The number of nitrogens with one attached hydrogen (secondary N) is 2. The SMILES string of the molecule is Cn1cc(CCNC(=O)C2CCC(NC(=O)C3CCCO3)CC2)cn1.O=CO. The minimum atomic E-state index is -0.270. The Bertz CT molecular complexity index is 634. The first-order valence-corrected chi connectivity index (χ1v) is 9.78. The minimum absolute atomic E-state index is 0.0156. The van der Waals surface area contributed by atoms with Gasteiger partial charge in [-0.1, -0.05) is 0 Å². The molecule has 9 nitrogen and oxygen atoms in total. The summed E-state index contributed by atoms with van der Waals surface area (Å²) in [6.45, 7) is 1.07. The van der Waals surface area contributed by atoms with Crippen LogP contribution in [0.5, 0.6) is 0 Å². The van der Waals surface area contributed by atoms with E-state index in [2.05, 4.69) is 15.7 Å². The summed E-state index contributed by atoms with van der Waals surface area (Å²) in [5.74, 6) is 0.208. The van der Waals surface area contributed by atoms with Crippen LogP contribution in [0.25, 0.3) is 0 Å². The van der Waals surface area contributed by atoms with Crippen LogP contribution in [0, 0.1) is 5.92 Å². The Balaban J connectivity index is 0.000000878. The lowest BCUT2D eigenvalue weighted by Crippen LogP contribution is -2.44. The third-order valence-electron chi connectivity index (χ3n) is 5.14. The Morgan fingerprint density at radius 1 is 1.29 bits per heavy atom. The zero-order valence-electron chi connectivity index (χ0n) is 16.3. The normalized spacial score (nSPS) is 24.0. The number of carbonyl (C=O) groups is 3. The molecule has 0 radical (unpaired) electrons. The zero-order valence-corrected chi connectivity index (χ0v) is 16.3. The molecular formula is C19H30N4O5. The summed E-state index contributed by atoms with van der Waals surface area (Å²) in [5, 5.41) is 17.1. The first kappa shape index (κ1) is 21.9. The number of ether oxygens (including phenoxy) is 1. The van der Waals surface area contributed by atoms with Crippen LogP contribution >= 0.6 is 0 Å². The van der Waals surface area contributed by atoms with Crippen molar-refractivity contribution in [2.45, 2.75) is 57.1 Å². The van der Waals surface area contributed by atoms with E-state index in [1.54, 1.807) is 4.68 Å². The van der Waals surface area contributed by atoms with E-state index in [0.29, 0.717) is 13.2 Å². The third kappa shape index (κ3) is 6.95. The van der Waals surface area contributed by atoms with Gasteiger partial charge in [0.2, 0.25) is 11.8 Å². The highest BCUT2D eigenvalue weighted by Gasteiger charge is 2.30. The van der Waals surface area contributed by atoms with Gasteiger partial charge in [0.25, 0.3) is 6.47 Å². The molecule has 28 heavy (non-hydrogen) atoms. The summed E-state index contributed by atoms with van der Waals surface area (Å²) in [6.07, 6.45) is 9.48. The zero-order chi connectivity index (χ0) is 20.4. The summed E-state index contributed by atoms with van der Waals surface area (Å²) in [5.41, 5.74) is 1.13. The van der Waals surface area contributed by atoms with Crippen LogP contribution in [-0.4, -0.2) is 58.5 Å². The van der Waals surface area contributed by atoms with E-state index >= 15 is 0 Å². The molecule has 2 aliphatic rings. The molecule has 2 fully saturated rings. The fourth-order valence-corrected chi connectivity index (χ4v) is 3.65. The van der Waals surface area contributed by atoms with Crippen molar-refractivity contribution < 1.29 is 24.2 Å². The summed E-state index contributed by atoms with van der Waals surface area (Å²) in [7, 11) is 1.89. The topological polar surface area (TPSA) is 123 Å². The maximum atomic E-state index is 12.3. The Labute approximate surface area is 164 Å². The molecule has 1 saturated carbocycles. The second kappa shape index (κ2) is 11.4. The van der Waals surface area contributed by atoms with Gasteiger partial charge in [-0.25, -0.2) is 0 Å². The van der Waals surface area contributed by atoms with Crippen molar-refractivity contribution in [1.82, 2.24) is 20.4 Å². The van der Waals surface area contributed by atoms with Crippen molar-refractivity contribution in [3.8, 4) is 0 Å². The fraction of sp³-hybridized carbons (Fsp3) is 0.684.